The summed E-state index contributed by atoms with van der Waals surface area (Å²) < 4.78 is 38.5. The highest BCUT2D eigenvalue weighted by molar-refractivity contribution is 6.46. The minimum Gasteiger partial charge on any atom is -0.489 e. The highest BCUT2D eigenvalue weighted by atomic mass is 35.5. The van der Waals surface area contributed by atoms with E-state index in [1.165, 1.54) is 37.3 Å². The zero-order chi connectivity index (χ0) is 52.7. The Balaban J connectivity index is 0.864. The highest BCUT2D eigenvalue weighted by Crippen LogP contribution is 2.38. The summed E-state index contributed by atoms with van der Waals surface area (Å²) in [5, 5.41) is 20.4. The molecule has 2 N–H and O–H groups in total. The molecule has 17 heteroatoms. The van der Waals surface area contributed by atoms with Gasteiger partial charge in [0.1, 0.15) is 29.6 Å². The maximum Gasteiger partial charge on any atom is 0.379 e. The molecule has 1 saturated carbocycles. The Morgan fingerprint density at radius 1 is 0.813 bits per heavy atom. The van der Waals surface area contributed by atoms with E-state index in [0.717, 1.165) is 29.5 Å². The number of imide groups is 1. The van der Waals surface area contributed by atoms with E-state index in [9.17, 15) is 37.9 Å². The molecule has 3 aliphatic heterocycles. The van der Waals surface area contributed by atoms with Gasteiger partial charge in [0.2, 0.25) is 0 Å². The first-order valence-electron chi connectivity index (χ1n) is 24.8. The Bertz CT molecular complexity index is 3280. The van der Waals surface area contributed by atoms with Crippen molar-refractivity contribution in [2.24, 2.45) is 5.16 Å². The Kier molecular flexibility index (Phi) is 14.5. The van der Waals surface area contributed by atoms with E-state index in [4.69, 9.17) is 30.7 Å². The third-order valence-corrected chi connectivity index (χ3v) is 14.3. The van der Waals surface area contributed by atoms with E-state index in [2.05, 4.69) is 15.4 Å². The Labute approximate surface area is 435 Å². The zero-order valence-electron chi connectivity index (χ0n) is 41.1. The molecule has 0 spiro atoms. The van der Waals surface area contributed by atoms with Crippen molar-refractivity contribution in [1.82, 2.24) is 15.3 Å². The van der Waals surface area contributed by atoms with Crippen LogP contribution >= 0.6 is 11.6 Å². The first kappa shape index (κ1) is 50.9. The number of carbonyl (C=O) groups excluding carboxylic acids is 5. The molecule has 1 saturated heterocycles. The highest BCUT2D eigenvalue weighted by Gasteiger charge is 2.41. The molecule has 6 aromatic carbocycles. The summed E-state index contributed by atoms with van der Waals surface area (Å²) in [6.45, 7) is 6.09. The molecule has 3 heterocycles. The lowest BCUT2D eigenvalue weighted by atomic mass is 9.93. The summed E-state index contributed by atoms with van der Waals surface area (Å²) in [6, 6.07) is 31.1. The van der Waals surface area contributed by atoms with Gasteiger partial charge in [-0.05, 0) is 158 Å². The molecule has 75 heavy (non-hydrogen) atoms. The predicted molar refractivity (Wildman–Crippen MR) is 273 cm³/mol. The second kappa shape index (κ2) is 21.3. The number of Topliss-reactive ketones (excluding diaryl/α,β-unsaturated/α-hetero) is 1. The fourth-order valence-electron chi connectivity index (χ4n) is 9.78. The molecule has 3 unspecified atom stereocenters. The zero-order valence-corrected chi connectivity index (χ0v) is 41.8. The van der Waals surface area contributed by atoms with Gasteiger partial charge in [0.15, 0.2) is 11.8 Å². The number of hydrogen-bond donors (Lipinski definition) is 2. The normalized spacial score (nSPS) is 18.3. The van der Waals surface area contributed by atoms with Gasteiger partial charge in [-0.2, -0.15) is 0 Å². The third-order valence-electron chi connectivity index (χ3n) is 14.0. The summed E-state index contributed by atoms with van der Waals surface area (Å²) in [5.41, 5.74) is 5.63. The van der Waals surface area contributed by atoms with E-state index in [-0.39, 0.29) is 59.0 Å². The number of fused-ring (bicyclic) bond motifs is 2. The Morgan fingerprint density at radius 2 is 1.47 bits per heavy atom. The number of nitrogens with one attached hydrogen (secondary N) is 1. The number of ketones is 1. The molecule has 6 aromatic rings. The number of halogens is 3. The van der Waals surface area contributed by atoms with Gasteiger partial charge in [-0.25, -0.2) is 13.6 Å². The number of likely N-dealkylation sites (tertiary alicyclic amines) is 1. The molecule has 4 aliphatic rings. The number of ether oxygens (including phenoxy) is 2. The molecule has 10 rings (SSSR count). The van der Waals surface area contributed by atoms with Crippen molar-refractivity contribution in [2.45, 2.75) is 76.4 Å². The molecule has 14 nitrogen and oxygen atoms in total. The van der Waals surface area contributed by atoms with Crippen LogP contribution in [0.3, 0.4) is 0 Å². The van der Waals surface area contributed by atoms with Gasteiger partial charge < -0.3 is 29.6 Å². The van der Waals surface area contributed by atoms with Gasteiger partial charge in [0.25, 0.3) is 23.5 Å². The predicted octanol–water partition coefficient (Wildman–Crippen LogP) is 10.0. The number of aliphatic hydroxyl groups is 1. The van der Waals surface area contributed by atoms with Gasteiger partial charge in [0, 0.05) is 29.8 Å². The van der Waals surface area contributed by atoms with Crippen molar-refractivity contribution in [3.63, 3.8) is 0 Å². The molecule has 2 fully saturated rings. The van der Waals surface area contributed by atoms with Crippen LogP contribution in [0.15, 0.2) is 126 Å². The van der Waals surface area contributed by atoms with Gasteiger partial charge in [0.05, 0.1) is 34.9 Å². The van der Waals surface area contributed by atoms with Gasteiger partial charge in [-0.1, -0.05) is 71.4 Å². The summed E-state index contributed by atoms with van der Waals surface area (Å²) in [4.78, 5) is 82.2. The Morgan fingerprint density at radius 3 is 2.15 bits per heavy atom. The first-order valence-corrected chi connectivity index (χ1v) is 25.1. The van der Waals surface area contributed by atoms with Gasteiger partial charge in [-0.15, -0.1) is 5.06 Å². The molecule has 0 bridgehead atoms. The number of esters is 1. The van der Waals surface area contributed by atoms with Gasteiger partial charge >= 0.3 is 5.97 Å². The minimum atomic E-state index is -1.24. The number of nitrogens with zero attached hydrogens (tertiary/aromatic N) is 3. The molecule has 3 amide bonds. The smallest absolute Gasteiger partial charge is 0.379 e. The van der Waals surface area contributed by atoms with E-state index < -0.39 is 59.6 Å². The van der Waals surface area contributed by atoms with Crippen LogP contribution in [-0.2, 0) is 24.0 Å². The number of aliphatic hydroxyl groups excluding tert-OH is 1. The number of hydrogen-bond acceptors (Lipinski definition) is 12. The molecule has 0 aromatic heterocycles. The minimum absolute atomic E-state index is 0.0189. The van der Waals surface area contributed by atoms with Crippen molar-refractivity contribution in [3.8, 4) is 28.0 Å². The standard InChI is InChI=1S/C58H51ClF2N4O10/c1-4-72-58(71)54(67)44-20-10-36(34-7-15-41(61)16-8-34)26-47(44)32(3)75-65-56(69)45-21-11-37(27-48(45)57(65)70)39-23-24-64(29-39)30-50(53(66)38-12-22-51(49(59)28-38)73-42-17-18-42)62-55(68)52-43-19-9-35(25-46(43)31(2)74-63-52)33-5-13-40(60)14-6-33/h5-16,19-22,25-28,31-32,39,42,50,53,66H,4,17-18,23-24,29-30H2,1-3H3,(H,62,68)/t31?,32?,39?,50-,53-/m1/s1. The summed E-state index contributed by atoms with van der Waals surface area (Å²) >= 11 is 6.68. The van der Waals surface area contributed by atoms with Crippen LogP contribution < -0.4 is 10.1 Å². The van der Waals surface area contributed by atoms with E-state index in [1.54, 1.807) is 85.8 Å². The van der Waals surface area contributed by atoms with Crippen LogP contribution in [0.5, 0.6) is 5.75 Å². The number of oxime groups is 1. The average Bonchev–Trinajstić information content (AvgIpc) is 4.06. The van der Waals surface area contributed by atoms with Crippen LogP contribution in [0, 0.1) is 11.6 Å². The molecule has 5 atom stereocenters. The first-order chi connectivity index (χ1) is 36.1. The molecule has 384 valence electrons. The lowest BCUT2D eigenvalue weighted by Gasteiger charge is -2.30. The van der Waals surface area contributed by atoms with Crippen molar-refractivity contribution >= 4 is 46.8 Å². The number of amides is 3. The van der Waals surface area contributed by atoms with Crippen LogP contribution in [0.1, 0.15) is 123 Å². The van der Waals surface area contributed by atoms with Crippen LogP contribution in [0.4, 0.5) is 8.78 Å². The fraction of sp³-hybridized carbons (Fsp3) is 0.276. The van der Waals surface area contributed by atoms with Crippen LogP contribution in [0.25, 0.3) is 22.3 Å². The van der Waals surface area contributed by atoms with Crippen molar-refractivity contribution in [3.05, 3.63) is 182 Å². The van der Waals surface area contributed by atoms with E-state index >= 15 is 0 Å². The quantitative estimate of drug-likeness (QED) is 0.0385. The summed E-state index contributed by atoms with van der Waals surface area (Å²) in [6.07, 6.45) is -0.250. The number of carbonyl (C=O) groups is 5. The lowest BCUT2D eigenvalue weighted by Crippen LogP contribution is -2.49. The monoisotopic (exact) mass is 1040 g/mol. The molecular formula is C58H51ClF2N4O10. The maximum absolute atomic E-state index is 14.4. The van der Waals surface area contributed by atoms with E-state index in [0.29, 0.717) is 63.2 Å². The molecule has 0 radical (unpaired) electrons. The third kappa shape index (κ3) is 10.7. The summed E-state index contributed by atoms with van der Waals surface area (Å²) in [5.74, 6) is -4.48. The van der Waals surface area contributed by atoms with Gasteiger partial charge in [-0.3, -0.25) is 24.0 Å². The van der Waals surface area contributed by atoms with Crippen LogP contribution in [-0.4, -0.2) is 88.6 Å². The second-order valence-electron chi connectivity index (χ2n) is 19.1. The second-order valence-corrected chi connectivity index (χ2v) is 19.5. The maximum atomic E-state index is 14.4. The van der Waals surface area contributed by atoms with Crippen molar-refractivity contribution in [2.75, 3.05) is 26.2 Å². The van der Waals surface area contributed by atoms with Crippen molar-refractivity contribution in [1.29, 1.82) is 0 Å². The topological polar surface area (TPSA) is 173 Å². The molecule has 1 aliphatic carbocycles. The fourth-order valence-corrected chi connectivity index (χ4v) is 10.0. The van der Waals surface area contributed by atoms with Crippen LogP contribution in [0.2, 0.25) is 5.02 Å². The van der Waals surface area contributed by atoms with Crippen molar-refractivity contribution < 1.29 is 57.0 Å². The molecular weight excluding hydrogens is 986 g/mol. The lowest BCUT2D eigenvalue weighted by molar-refractivity contribution is -0.137. The largest absolute Gasteiger partial charge is 0.489 e. The average molecular weight is 1040 g/mol. The number of benzene rings is 6. The number of hydroxylamine groups is 2. The van der Waals surface area contributed by atoms with E-state index in [1.807, 2.05) is 19.1 Å². The Hall–Kier alpha value is -7.63. The number of rotatable bonds is 17. The summed E-state index contributed by atoms with van der Waals surface area (Å²) in [7, 11) is 0. The SMILES string of the molecule is CCOC(=O)C(=O)c1ccc(-c2ccc(F)cc2)cc1C(C)ON1C(=O)c2ccc(C3CCN(C[C@@H](NC(=O)C4=NOC(C)c5cc(-c6ccc(F)cc6)ccc54)[C@H](O)c4ccc(OC5CC5)c(Cl)c4)C3)cc2C1=O.